The number of anilines is 4. The van der Waals surface area contributed by atoms with Gasteiger partial charge in [-0.1, -0.05) is 6.07 Å². The van der Waals surface area contributed by atoms with E-state index in [0.717, 1.165) is 39.0 Å². The van der Waals surface area contributed by atoms with Gasteiger partial charge in [0.25, 0.3) is 0 Å². The third-order valence-corrected chi connectivity index (χ3v) is 8.23. The molecule has 3 heterocycles. The molecule has 0 bridgehead atoms. The zero-order valence-electron chi connectivity index (χ0n) is 21.4. The van der Waals surface area contributed by atoms with Crippen molar-refractivity contribution in [3.63, 3.8) is 0 Å². The Morgan fingerprint density at radius 1 is 0.923 bits per heavy atom. The van der Waals surface area contributed by atoms with Crippen LogP contribution >= 0.6 is 0 Å². The molecule has 2 fully saturated rings. The van der Waals surface area contributed by atoms with E-state index in [4.69, 9.17) is 14.2 Å². The van der Waals surface area contributed by atoms with Gasteiger partial charge in [0.15, 0.2) is 11.6 Å². The first-order valence-corrected chi connectivity index (χ1v) is 14.2. The maximum Gasteiger partial charge on any atom is 0.243 e. The number of hydrogen-bond acceptors (Lipinski definition) is 10. The van der Waals surface area contributed by atoms with E-state index >= 15 is 0 Å². The summed E-state index contributed by atoms with van der Waals surface area (Å²) >= 11 is 0. The molecule has 5 rings (SSSR count). The van der Waals surface area contributed by atoms with Crippen molar-refractivity contribution in [2.75, 3.05) is 76.4 Å². The molecular weight excluding hydrogens is 527 g/mol. The Kier molecular flexibility index (Phi) is 8.84. The average Bonchev–Trinajstić information content (AvgIpc) is 2.97. The van der Waals surface area contributed by atoms with Gasteiger partial charge in [-0.2, -0.15) is 9.29 Å². The van der Waals surface area contributed by atoms with Gasteiger partial charge in [0.2, 0.25) is 16.0 Å². The van der Waals surface area contributed by atoms with Crippen molar-refractivity contribution in [3.05, 3.63) is 60.5 Å². The quantitative estimate of drug-likeness (QED) is 0.385. The first-order valence-electron chi connectivity index (χ1n) is 12.7. The summed E-state index contributed by atoms with van der Waals surface area (Å²) in [6.07, 6.45) is 1.05. The summed E-state index contributed by atoms with van der Waals surface area (Å²) < 4.78 is 58.3. The van der Waals surface area contributed by atoms with Crippen LogP contribution in [0.4, 0.5) is 27.5 Å². The van der Waals surface area contributed by atoms with Gasteiger partial charge >= 0.3 is 0 Å². The maximum atomic E-state index is 14.5. The lowest BCUT2D eigenvalue weighted by molar-refractivity contribution is 0.0322. The third kappa shape index (κ3) is 7.19. The molecule has 2 aromatic carbocycles. The van der Waals surface area contributed by atoms with Gasteiger partial charge in [-0.15, -0.1) is 0 Å². The smallest absolute Gasteiger partial charge is 0.243 e. The Balaban J connectivity index is 1.20. The normalized spacial score (nSPS) is 17.1. The van der Waals surface area contributed by atoms with E-state index in [1.54, 1.807) is 36.4 Å². The zero-order chi connectivity index (χ0) is 27.1. The van der Waals surface area contributed by atoms with Crippen molar-refractivity contribution in [3.8, 4) is 5.75 Å². The summed E-state index contributed by atoms with van der Waals surface area (Å²) in [6, 6.07) is 13.5. The van der Waals surface area contributed by atoms with Gasteiger partial charge in [-0.3, -0.25) is 4.90 Å². The molecule has 0 radical (unpaired) electrons. The molecule has 3 aromatic rings. The fraction of sp³-hybridized carbons (Fsp3) is 0.385. The lowest BCUT2D eigenvalue weighted by Crippen LogP contribution is -2.40. The molecule has 0 unspecified atom stereocenters. The minimum atomic E-state index is -3.67. The monoisotopic (exact) mass is 558 g/mol. The maximum absolute atomic E-state index is 14.5. The Morgan fingerprint density at radius 3 is 2.38 bits per heavy atom. The molecule has 13 heteroatoms. The number of ether oxygens (including phenoxy) is 3. The number of sulfonamides is 1. The molecular formula is C26H31FN6O5S. The molecule has 11 nitrogen and oxygen atoms in total. The Morgan fingerprint density at radius 2 is 1.64 bits per heavy atom. The highest BCUT2D eigenvalue weighted by Gasteiger charge is 2.26. The van der Waals surface area contributed by atoms with E-state index in [-0.39, 0.29) is 16.7 Å². The second-order valence-corrected chi connectivity index (χ2v) is 10.9. The highest BCUT2D eigenvalue weighted by Crippen LogP contribution is 2.25. The van der Waals surface area contributed by atoms with Gasteiger partial charge in [-0.05, 0) is 42.5 Å². The number of nitrogens with zero attached hydrogens (tertiary/aromatic N) is 4. The van der Waals surface area contributed by atoms with Gasteiger partial charge in [0.1, 0.15) is 12.4 Å². The highest BCUT2D eigenvalue weighted by atomic mass is 32.2. The SMILES string of the molecule is O=S(=O)(c1cccc(Nc2ncc(F)c(Nc3ccc(OCCN4CCOCC4)cc3)n2)c1)N1CCOCC1. The fourth-order valence-electron chi connectivity index (χ4n) is 4.20. The molecule has 2 aliphatic rings. The van der Waals surface area contributed by atoms with Crippen LogP contribution in [0.3, 0.4) is 0 Å². The first-order chi connectivity index (χ1) is 19.0. The van der Waals surface area contributed by atoms with E-state index < -0.39 is 15.8 Å². The van der Waals surface area contributed by atoms with Crippen LogP contribution < -0.4 is 15.4 Å². The number of hydrogen-bond donors (Lipinski definition) is 2. The molecule has 2 N–H and O–H groups in total. The predicted molar refractivity (Wildman–Crippen MR) is 144 cm³/mol. The minimum Gasteiger partial charge on any atom is -0.492 e. The van der Waals surface area contributed by atoms with Gasteiger partial charge in [0, 0.05) is 44.1 Å². The summed E-state index contributed by atoms with van der Waals surface area (Å²) in [7, 11) is -3.67. The van der Waals surface area contributed by atoms with E-state index in [1.807, 2.05) is 0 Å². The van der Waals surface area contributed by atoms with Crippen LogP contribution in [0, 0.1) is 5.82 Å². The molecule has 0 saturated carbocycles. The molecule has 0 spiro atoms. The van der Waals surface area contributed by atoms with E-state index in [1.165, 1.54) is 16.4 Å². The lowest BCUT2D eigenvalue weighted by atomic mass is 10.3. The van der Waals surface area contributed by atoms with Crippen LogP contribution in [0.15, 0.2) is 59.6 Å². The largest absolute Gasteiger partial charge is 0.492 e. The molecule has 0 aliphatic carbocycles. The van der Waals surface area contributed by atoms with Crippen LogP contribution in [-0.2, 0) is 19.5 Å². The topological polar surface area (TPSA) is 118 Å². The number of benzene rings is 2. The summed E-state index contributed by atoms with van der Waals surface area (Å²) in [5.74, 6) is 0.176. The van der Waals surface area contributed by atoms with Crippen LogP contribution in [0.5, 0.6) is 5.75 Å². The van der Waals surface area contributed by atoms with E-state index in [9.17, 15) is 12.8 Å². The van der Waals surface area contributed by atoms with Crippen molar-refractivity contribution in [2.45, 2.75) is 4.90 Å². The molecule has 2 saturated heterocycles. The molecule has 2 aliphatic heterocycles. The van der Waals surface area contributed by atoms with E-state index in [0.29, 0.717) is 50.0 Å². The number of rotatable bonds is 10. The number of halogens is 1. The third-order valence-electron chi connectivity index (χ3n) is 6.34. The minimum absolute atomic E-state index is 0.0226. The summed E-state index contributed by atoms with van der Waals surface area (Å²) in [5, 5.41) is 5.92. The molecule has 39 heavy (non-hydrogen) atoms. The first kappa shape index (κ1) is 27.2. The molecule has 0 atom stereocenters. The summed E-state index contributed by atoms with van der Waals surface area (Å²) in [6.45, 7) is 6.04. The average molecular weight is 559 g/mol. The van der Waals surface area contributed by atoms with Crippen LogP contribution in [0.1, 0.15) is 0 Å². The van der Waals surface area contributed by atoms with Crippen molar-refractivity contribution in [1.82, 2.24) is 19.2 Å². The Labute approximate surface area is 227 Å². The Hall–Kier alpha value is -3.36. The number of nitrogens with one attached hydrogen (secondary N) is 2. The van der Waals surface area contributed by atoms with Gasteiger partial charge in [-0.25, -0.2) is 17.8 Å². The predicted octanol–water partition coefficient (Wildman–Crippen LogP) is 2.83. The van der Waals surface area contributed by atoms with Crippen molar-refractivity contribution in [2.24, 2.45) is 0 Å². The van der Waals surface area contributed by atoms with Crippen molar-refractivity contribution >= 4 is 33.2 Å². The second-order valence-electron chi connectivity index (χ2n) is 9.01. The van der Waals surface area contributed by atoms with Crippen LogP contribution in [0.2, 0.25) is 0 Å². The second kappa shape index (κ2) is 12.7. The standard InChI is InChI=1S/C26H31FN6O5S/c27-24-19-28-26(30-21-2-1-3-23(18-21)39(34,35)33-11-15-37-16-12-33)31-25(24)29-20-4-6-22(7-5-20)38-17-10-32-8-13-36-14-9-32/h1-7,18-19H,8-17H2,(H2,28,29,30,31). The molecule has 1 aromatic heterocycles. The van der Waals surface area contributed by atoms with Crippen molar-refractivity contribution < 1.29 is 27.0 Å². The van der Waals surface area contributed by atoms with Crippen LogP contribution in [-0.4, -0.2) is 93.3 Å². The van der Waals surface area contributed by atoms with Gasteiger partial charge < -0.3 is 24.8 Å². The van der Waals surface area contributed by atoms with Crippen LogP contribution in [0.25, 0.3) is 0 Å². The number of aromatic nitrogens is 2. The molecule has 208 valence electrons. The van der Waals surface area contributed by atoms with E-state index in [2.05, 4.69) is 25.5 Å². The summed E-state index contributed by atoms with van der Waals surface area (Å²) in [5.41, 5.74) is 1.08. The fourth-order valence-corrected chi connectivity index (χ4v) is 5.66. The number of morpholine rings is 2. The van der Waals surface area contributed by atoms with Gasteiger partial charge in [0.05, 0.1) is 37.5 Å². The Bertz CT molecular complexity index is 1350. The summed E-state index contributed by atoms with van der Waals surface area (Å²) in [4.78, 5) is 10.7. The van der Waals surface area contributed by atoms with Crippen molar-refractivity contribution in [1.29, 1.82) is 0 Å². The zero-order valence-corrected chi connectivity index (χ0v) is 22.2. The lowest BCUT2D eigenvalue weighted by Gasteiger charge is -2.26. The molecule has 0 amide bonds. The highest BCUT2D eigenvalue weighted by molar-refractivity contribution is 7.89.